The van der Waals surface area contributed by atoms with Crippen LogP contribution in [0.3, 0.4) is 0 Å². The summed E-state index contributed by atoms with van der Waals surface area (Å²) in [5.74, 6) is -0.442. The Bertz CT molecular complexity index is 1050. The van der Waals surface area contributed by atoms with Crippen LogP contribution in [-0.4, -0.2) is 32.7 Å². The van der Waals surface area contributed by atoms with E-state index in [4.69, 9.17) is 5.73 Å². The first-order valence-electron chi connectivity index (χ1n) is 9.03. The van der Waals surface area contributed by atoms with Crippen molar-refractivity contribution in [2.75, 3.05) is 5.73 Å². The average Bonchev–Trinajstić information content (AvgIpc) is 3.00. The van der Waals surface area contributed by atoms with Crippen molar-refractivity contribution in [3.05, 3.63) is 65.5 Å². The van der Waals surface area contributed by atoms with E-state index in [0.717, 1.165) is 10.1 Å². The summed E-state index contributed by atoms with van der Waals surface area (Å²) < 4.78 is 41.1. The molecule has 1 aliphatic heterocycles. The van der Waals surface area contributed by atoms with Crippen LogP contribution in [0.4, 0.5) is 19.1 Å². The van der Waals surface area contributed by atoms with Crippen LogP contribution in [0, 0.1) is 0 Å². The molecule has 0 bridgehead atoms. The molecule has 0 spiro atoms. The number of rotatable bonds is 4. The van der Waals surface area contributed by atoms with E-state index < -0.39 is 18.6 Å². The van der Waals surface area contributed by atoms with Gasteiger partial charge in [-0.25, -0.2) is 9.97 Å². The Hall–Kier alpha value is -3.36. The topological polar surface area (TPSA) is 85.8 Å². The number of nitrogen functional groups attached to an aromatic ring is 1. The summed E-state index contributed by atoms with van der Waals surface area (Å²) >= 11 is 0. The molecule has 6 nitrogen and oxygen atoms in total. The third-order valence-electron chi connectivity index (χ3n) is 4.83. The summed E-state index contributed by atoms with van der Waals surface area (Å²) in [7, 11) is 0. The van der Waals surface area contributed by atoms with Gasteiger partial charge in [0.05, 0.1) is 17.0 Å². The first kappa shape index (κ1) is 19.0. The van der Waals surface area contributed by atoms with Crippen molar-refractivity contribution in [2.24, 2.45) is 0 Å². The smallest absolute Gasteiger partial charge is 0.368 e. The molecule has 1 aliphatic rings. The average molecular weight is 401 g/mol. The van der Waals surface area contributed by atoms with E-state index in [0.29, 0.717) is 12.1 Å². The third kappa shape index (κ3) is 4.08. The maximum Gasteiger partial charge on any atom is 0.406 e. The van der Waals surface area contributed by atoms with Gasteiger partial charge in [0, 0.05) is 24.4 Å². The zero-order valence-corrected chi connectivity index (χ0v) is 15.3. The molecule has 4 rings (SSSR count). The molecule has 3 aromatic rings. The second kappa shape index (κ2) is 7.23. The summed E-state index contributed by atoms with van der Waals surface area (Å²) in [5, 5.41) is 2.90. The van der Waals surface area contributed by atoms with Gasteiger partial charge in [0.15, 0.2) is 0 Å². The molecule has 0 aliphatic carbocycles. The van der Waals surface area contributed by atoms with E-state index in [1.165, 1.54) is 18.3 Å². The van der Waals surface area contributed by atoms with Crippen LogP contribution in [0.5, 0.6) is 0 Å². The number of nitrogens with one attached hydrogen (secondary N) is 1. The molecule has 1 unspecified atom stereocenters. The van der Waals surface area contributed by atoms with Crippen LogP contribution in [0.2, 0.25) is 0 Å². The summed E-state index contributed by atoms with van der Waals surface area (Å²) in [6.07, 6.45) is -2.27. The predicted molar refractivity (Wildman–Crippen MR) is 101 cm³/mol. The van der Waals surface area contributed by atoms with Crippen molar-refractivity contribution >= 4 is 11.9 Å². The number of aromatic nitrogens is 3. The lowest BCUT2D eigenvalue weighted by Crippen LogP contribution is -2.43. The lowest BCUT2D eigenvalue weighted by molar-refractivity contribution is -0.140. The molecule has 0 saturated carbocycles. The van der Waals surface area contributed by atoms with Crippen LogP contribution in [0.1, 0.15) is 21.6 Å². The van der Waals surface area contributed by atoms with Gasteiger partial charge in [-0.15, -0.1) is 0 Å². The Morgan fingerprint density at radius 1 is 1.21 bits per heavy atom. The molecule has 29 heavy (non-hydrogen) atoms. The van der Waals surface area contributed by atoms with Gasteiger partial charge in [0.2, 0.25) is 5.95 Å². The number of amides is 1. The Morgan fingerprint density at radius 3 is 2.66 bits per heavy atom. The fraction of sp³-hybridized carbons (Fsp3) is 0.250. The van der Waals surface area contributed by atoms with Crippen molar-refractivity contribution in [1.82, 2.24) is 19.9 Å². The van der Waals surface area contributed by atoms with Crippen LogP contribution in [0.25, 0.3) is 11.4 Å². The van der Waals surface area contributed by atoms with Crippen LogP contribution in [0.15, 0.2) is 48.7 Å². The molecule has 0 saturated heterocycles. The van der Waals surface area contributed by atoms with Crippen LogP contribution >= 0.6 is 0 Å². The maximum absolute atomic E-state index is 13.3. The normalized spacial score (nSPS) is 16.4. The Kier molecular flexibility index (Phi) is 4.73. The second-order valence-electron chi connectivity index (χ2n) is 6.96. The van der Waals surface area contributed by atoms with Crippen molar-refractivity contribution in [2.45, 2.75) is 31.6 Å². The van der Waals surface area contributed by atoms with Crippen molar-refractivity contribution in [3.63, 3.8) is 0 Å². The minimum Gasteiger partial charge on any atom is -0.368 e. The molecular weight excluding hydrogens is 383 g/mol. The summed E-state index contributed by atoms with van der Waals surface area (Å²) in [6, 6.07) is 12.1. The Morgan fingerprint density at radius 2 is 1.97 bits per heavy atom. The van der Waals surface area contributed by atoms with Crippen LogP contribution in [-0.2, 0) is 19.4 Å². The fourth-order valence-electron chi connectivity index (χ4n) is 3.66. The Balaban J connectivity index is 1.75. The minimum absolute atomic E-state index is 0.0494. The van der Waals surface area contributed by atoms with E-state index in [1.807, 2.05) is 30.3 Å². The molecule has 1 amide bonds. The number of hydrogen-bond donors (Lipinski definition) is 2. The van der Waals surface area contributed by atoms with Gasteiger partial charge in [-0.2, -0.15) is 13.2 Å². The SMILES string of the molecule is Nc1nccc(-c2cc3c(n2CC(F)(F)F)CC(Cc2ccccc2)NC3=O)n1. The fourth-order valence-corrected chi connectivity index (χ4v) is 3.66. The molecule has 0 radical (unpaired) electrons. The van der Waals surface area contributed by atoms with Gasteiger partial charge in [-0.1, -0.05) is 30.3 Å². The van der Waals surface area contributed by atoms with E-state index in [2.05, 4.69) is 15.3 Å². The first-order valence-corrected chi connectivity index (χ1v) is 9.03. The predicted octanol–water partition coefficient (Wildman–Crippen LogP) is 2.99. The molecule has 150 valence electrons. The highest BCUT2D eigenvalue weighted by Gasteiger charge is 2.35. The quantitative estimate of drug-likeness (QED) is 0.704. The maximum atomic E-state index is 13.3. The number of carbonyl (C=O) groups is 1. The molecule has 1 atom stereocenters. The number of hydrogen-bond acceptors (Lipinski definition) is 4. The first-order chi connectivity index (χ1) is 13.8. The Labute approximate surface area is 164 Å². The molecule has 1 aromatic carbocycles. The van der Waals surface area contributed by atoms with E-state index in [1.54, 1.807) is 0 Å². The molecule has 3 heterocycles. The number of benzene rings is 1. The zero-order valence-electron chi connectivity index (χ0n) is 15.3. The van der Waals surface area contributed by atoms with Crippen LogP contribution < -0.4 is 11.1 Å². The highest BCUT2D eigenvalue weighted by Crippen LogP contribution is 2.32. The van der Waals surface area contributed by atoms with Crippen molar-refractivity contribution in [3.8, 4) is 11.4 Å². The monoisotopic (exact) mass is 401 g/mol. The summed E-state index contributed by atoms with van der Waals surface area (Å²) in [4.78, 5) is 20.5. The van der Waals surface area contributed by atoms with Gasteiger partial charge in [0.25, 0.3) is 5.91 Å². The lowest BCUT2D eigenvalue weighted by atomic mass is 9.96. The minimum atomic E-state index is -4.46. The van der Waals surface area contributed by atoms with E-state index in [9.17, 15) is 18.0 Å². The molecule has 0 fully saturated rings. The standard InChI is InChI=1S/C20H18F3N5O/c21-20(22,23)11-28-16-9-13(8-12-4-2-1-3-5-12)26-18(29)14(16)10-17(28)15-6-7-25-19(24)27-15/h1-7,10,13H,8-9,11H2,(H,26,29)(H2,24,25,27). The molecular formula is C20H18F3N5O. The third-order valence-corrected chi connectivity index (χ3v) is 4.83. The van der Waals surface area contributed by atoms with E-state index in [-0.39, 0.29) is 35.4 Å². The van der Waals surface area contributed by atoms with Gasteiger partial charge in [-0.3, -0.25) is 4.79 Å². The van der Waals surface area contributed by atoms with Gasteiger partial charge in [-0.05, 0) is 24.1 Å². The number of alkyl halides is 3. The summed E-state index contributed by atoms with van der Waals surface area (Å²) in [5.41, 5.74) is 7.60. The number of carbonyl (C=O) groups excluding carboxylic acids is 1. The molecule has 9 heteroatoms. The molecule has 2 aromatic heterocycles. The highest BCUT2D eigenvalue weighted by molar-refractivity contribution is 5.98. The summed E-state index contributed by atoms with van der Waals surface area (Å²) in [6.45, 7) is -1.22. The zero-order chi connectivity index (χ0) is 20.6. The number of nitrogens with zero attached hydrogens (tertiary/aromatic N) is 3. The largest absolute Gasteiger partial charge is 0.406 e. The van der Waals surface area contributed by atoms with Gasteiger partial charge < -0.3 is 15.6 Å². The van der Waals surface area contributed by atoms with Crippen molar-refractivity contribution in [1.29, 1.82) is 0 Å². The lowest BCUT2D eigenvalue weighted by Gasteiger charge is -2.26. The van der Waals surface area contributed by atoms with Crippen molar-refractivity contribution < 1.29 is 18.0 Å². The number of anilines is 1. The number of halogens is 3. The molecule has 3 N–H and O–H groups in total. The highest BCUT2D eigenvalue weighted by atomic mass is 19.4. The number of nitrogens with two attached hydrogens (primary N) is 1. The second-order valence-corrected chi connectivity index (χ2v) is 6.96. The van der Waals surface area contributed by atoms with E-state index >= 15 is 0 Å². The van der Waals surface area contributed by atoms with Gasteiger partial charge in [0.1, 0.15) is 6.54 Å². The van der Waals surface area contributed by atoms with Gasteiger partial charge >= 0.3 is 6.18 Å². The number of fused-ring (bicyclic) bond motifs is 1.